The average molecular weight is 398 g/mol. The molecule has 0 radical (unpaired) electrons. The molecule has 0 amide bonds. The van der Waals surface area contributed by atoms with Gasteiger partial charge in [0.05, 0.1) is 15.5 Å². The maximum atomic E-state index is 12.9. The summed E-state index contributed by atoms with van der Waals surface area (Å²) in [7, 11) is -4.49. The summed E-state index contributed by atoms with van der Waals surface area (Å²) in [6.45, 7) is 1.60. The Hall–Kier alpha value is -1.31. The summed E-state index contributed by atoms with van der Waals surface area (Å²) >= 11 is 5.46. The van der Waals surface area contributed by atoms with E-state index in [2.05, 4.69) is 9.71 Å². The summed E-state index contributed by atoms with van der Waals surface area (Å²) in [5.74, 6) is 0. The van der Waals surface area contributed by atoms with Crippen LogP contribution in [0.1, 0.15) is 16.8 Å². The summed E-state index contributed by atoms with van der Waals surface area (Å²) in [6, 6.07) is 5.10. The molecule has 126 valence electrons. The molecule has 0 fully saturated rings. The van der Waals surface area contributed by atoms with E-state index in [1.54, 1.807) is 13.0 Å². The van der Waals surface area contributed by atoms with E-state index in [-0.39, 0.29) is 40.9 Å². The third kappa shape index (κ3) is 5.09. The number of sulfonamides is 1. The summed E-state index contributed by atoms with van der Waals surface area (Å²) in [6.07, 6.45) is -3.47. The zero-order chi connectivity index (χ0) is 18.1. The van der Waals surface area contributed by atoms with Crippen molar-refractivity contribution in [3.05, 3.63) is 57.0 Å². The second-order valence-electron chi connectivity index (χ2n) is 4.70. The molecule has 11 heteroatoms. The molecule has 5 nitrogen and oxygen atoms in total. The Bertz CT molecular complexity index is 943. The number of benzene rings is 1. The number of rotatable bonds is 3. The summed E-state index contributed by atoms with van der Waals surface area (Å²) in [5.41, 5.74) is -1.26. The van der Waals surface area contributed by atoms with Crippen LogP contribution >= 0.6 is 11.6 Å². The Morgan fingerprint density at radius 1 is 1.28 bits per heavy atom. The molecule has 0 saturated carbocycles. The topological polar surface area (TPSA) is 84.9 Å². The first-order chi connectivity index (χ1) is 11.0. The molecular formula is C14H8ClF3N3NaO2S. The van der Waals surface area contributed by atoms with Gasteiger partial charge in [-0.05, 0) is 30.7 Å². The minimum atomic E-state index is -4.81. The molecule has 0 N–H and O–H groups in total. The first-order valence-electron chi connectivity index (χ1n) is 6.26. The van der Waals surface area contributed by atoms with E-state index >= 15 is 0 Å². The third-order valence-corrected chi connectivity index (χ3v) is 4.49. The number of hydrogen-bond donors (Lipinski definition) is 0. The van der Waals surface area contributed by atoms with Crippen LogP contribution in [0.4, 0.5) is 18.9 Å². The number of hydrogen-bond acceptors (Lipinski definition) is 4. The van der Waals surface area contributed by atoms with Crippen LogP contribution in [0, 0.1) is 18.3 Å². The molecule has 0 saturated heterocycles. The number of nitrogens with zero attached hydrogens (tertiary/aromatic N) is 3. The zero-order valence-electron chi connectivity index (χ0n) is 13.0. The van der Waals surface area contributed by atoms with Crippen molar-refractivity contribution in [2.24, 2.45) is 0 Å². The predicted molar refractivity (Wildman–Crippen MR) is 80.3 cm³/mol. The van der Waals surface area contributed by atoms with Gasteiger partial charge < -0.3 is 4.72 Å². The molecule has 1 aromatic heterocycles. The van der Waals surface area contributed by atoms with Gasteiger partial charge in [0.15, 0.2) is 0 Å². The third-order valence-electron chi connectivity index (χ3n) is 2.87. The van der Waals surface area contributed by atoms with Crippen molar-refractivity contribution in [1.29, 1.82) is 5.26 Å². The van der Waals surface area contributed by atoms with E-state index in [1.807, 2.05) is 0 Å². The second kappa shape index (κ2) is 7.93. The fourth-order valence-electron chi connectivity index (χ4n) is 1.77. The smallest absolute Gasteiger partial charge is 0.570 e. The van der Waals surface area contributed by atoms with Crippen molar-refractivity contribution < 1.29 is 51.1 Å². The van der Waals surface area contributed by atoms with Gasteiger partial charge in [-0.3, -0.25) is 0 Å². The molecule has 0 spiro atoms. The molecule has 1 aromatic carbocycles. The monoisotopic (exact) mass is 397 g/mol. The van der Waals surface area contributed by atoms with Crippen LogP contribution in [-0.2, 0) is 16.2 Å². The van der Waals surface area contributed by atoms with Gasteiger partial charge in [0.1, 0.15) is 21.8 Å². The van der Waals surface area contributed by atoms with Gasteiger partial charge in [0.2, 0.25) is 0 Å². The van der Waals surface area contributed by atoms with Gasteiger partial charge in [-0.2, -0.15) is 18.4 Å². The maximum Gasteiger partial charge on any atom is 1.00 e. The van der Waals surface area contributed by atoms with Gasteiger partial charge in [-0.1, -0.05) is 23.4 Å². The molecular weight excluding hydrogens is 390 g/mol. The van der Waals surface area contributed by atoms with Crippen LogP contribution < -0.4 is 29.6 Å². The molecule has 1 heterocycles. The van der Waals surface area contributed by atoms with Gasteiger partial charge in [0.25, 0.3) is 0 Å². The van der Waals surface area contributed by atoms with Crippen molar-refractivity contribution in [3.63, 3.8) is 0 Å². The molecule has 0 aliphatic carbocycles. The maximum absolute atomic E-state index is 12.9. The Kier molecular flexibility index (Phi) is 6.89. The largest absolute Gasteiger partial charge is 1.00 e. The Morgan fingerprint density at radius 3 is 2.48 bits per heavy atom. The second-order valence-corrected chi connectivity index (χ2v) is 6.71. The van der Waals surface area contributed by atoms with E-state index in [9.17, 15) is 21.6 Å². The number of pyridine rings is 1. The van der Waals surface area contributed by atoms with Crippen LogP contribution in [0.3, 0.4) is 0 Å². The summed E-state index contributed by atoms with van der Waals surface area (Å²) in [4.78, 5) is 3.03. The van der Waals surface area contributed by atoms with Crippen molar-refractivity contribution in [3.8, 4) is 6.07 Å². The quantitative estimate of drug-likeness (QED) is 0.731. The van der Waals surface area contributed by atoms with Crippen LogP contribution in [0.5, 0.6) is 0 Å². The molecule has 2 rings (SSSR count). The van der Waals surface area contributed by atoms with Crippen molar-refractivity contribution in [2.45, 2.75) is 18.0 Å². The van der Waals surface area contributed by atoms with Crippen LogP contribution in [-0.4, -0.2) is 13.4 Å². The first kappa shape index (κ1) is 21.7. The molecule has 0 unspecified atom stereocenters. The molecule has 0 aliphatic rings. The fraction of sp³-hybridized carbons (Fsp3) is 0.143. The van der Waals surface area contributed by atoms with Crippen LogP contribution in [0.25, 0.3) is 4.72 Å². The van der Waals surface area contributed by atoms with Gasteiger partial charge in [-0.15, -0.1) is 0 Å². The van der Waals surface area contributed by atoms with E-state index in [4.69, 9.17) is 16.9 Å². The minimum absolute atomic E-state index is 0. The zero-order valence-corrected chi connectivity index (χ0v) is 16.5. The number of halogens is 4. The molecule has 0 atom stereocenters. The van der Waals surface area contributed by atoms with E-state index in [0.717, 1.165) is 12.1 Å². The van der Waals surface area contributed by atoms with Crippen LogP contribution in [0.2, 0.25) is 5.02 Å². The van der Waals surface area contributed by atoms with Gasteiger partial charge >= 0.3 is 35.7 Å². The van der Waals surface area contributed by atoms with E-state index < -0.39 is 31.7 Å². The summed E-state index contributed by atoms with van der Waals surface area (Å²) < 4.78 is 66.5. The Morgan fingerprint density at radius 2 is 1.92 bits per heavy atom. The Labute approximate surface area is 169 Å². The summed E-state index contributed by atoms with van der Waals surface area (Å²) in [5, 5.41) is 8.30. The molecule has 0 bridgehead atoms. The van der Waals surface area contributed by atoms with E-state index in [1.165, 1.54) is 12.3 Å². The fourth-order valence-corrected chi connectivity index (χ4v) is 3.01. The first-order valence-corrected chi connectivity index (χ1v) is 8.08. The Balaban J connectivity index is 0.00000312. The van der Waals surface area contributed by atoms with Gasteiger partial charge in [0, 0.05) is 6.20 Å². The molecule has 2 aromatic rings. The predicted octanol–water partition coefficient (Wildman–Crippen LogP) is 1.33. The standard InChI is InChI=1S/C14H8ClF3N3O2S.Na/c1-8-4-12(13(6-19)20-7-8)21-24(22,23)9-2-3-11(15)10(5-9)14(16,17)18;/h2-5,7H,1H3;/q-1;+1. The molecule has 0 aliphatic heterocycles. The van der Waals surface area contributed by atoms with Gasteiger partial charge in [-0.25, -0.2) is 13.4 Å². The van der Waals surface area contributed by atoms with Crippen molar-refractivity contribution in [1.82, 2.24) is 4.98 Å². The van der Waals surface area contributed by atoms with E-state index in [0.29, 0.717) is 11.6 Å². The number of nitriles is 1. The van der Waals surface area contributed by atoms with Crippen molar-refractivity contribution >= 4 is 27.3 Å². The number of aryl methyl sites for hydroxylation is 1. The minimum Gasteiger partial charge on any atom is -0.570 e. The number of alkyl halides is 3. The molecule has 25 heavy (non-hydrogen) atoms. The average Bonchev–Trinajstić information content (AvgIpc) is 2.46. The number of aromatic nitrogens is 1. The van der Waals surface area contributed by atoms with Crippen molar-refractivity contribution in [2.75, 3.05) is 0 Å². The van der Waals surface area contributed by atoms with Crippen LogP contribution in [0.15, 0.2) is 35.4 Å². The normalized spacial score (nSPS) is 11.4. The SMILES string of the molecule is Cc1cnc(C#N)c([N-]S(=O)(=O)c2ccc(Cl)c(C(F)(F)F)c2)c1.[Na+].